The highest BCUT2D eigenvalue weighted by atomic mass is 16.7. The van der Waals surface area contributed by atoms with Crippen molar-refractivity contribution in [2.24, 2.45) is 4.99 Å². The fourth-order valence-electron chi connectivity index (χ4n) is 3.25. The quantitative estimate of drug-likeness (QED) is 0.794. The van der Waals surface area contributed by atoms with Gasteiger partial charge in [-0.3, -0.25) is 0 Å². The van der Waals surface area contributed by atoms with Crippen LogP contribution >= 0.6 is 0 Å². The van der Waals surface area contributed by atoms with Gasteiger partial charge < -0.3 is 10.1 Å². The predicted octanol–water partition coefficient (Wildman–Crippen LogP) is 3.81. The number of hydrogen-bond donors (Lipinski definition) is 1. The number of ether oxygens (including phenoxy) is 1. The fraction of sp³-hybridized carbons (Fsp3) is 0.350. The Hall–Kier alpha value is -2.53. The third-order valence-corrected chi connectivity index (χ3v) is 4.29. The van der Waals surface area contributed by atoms with Crippen LogP contribution in [0.1, 0.15) is 31.9 Å². The van der Waals surface area contributed by atoms with Gasteiger partial charge in [-0.05, 0) is 32.9 Å². The van der Waals surface area contributed by atoms with E-state index in [0.29, 0.717) is 6.42 Å². The molecule has 1 unspecified atom stereocenters. The molecule has 0 saturated carbocycles. The minimum Gasteiger partial charge on any atom is -0.457 e. The zero-order chi connectivity index (χ0) is 17.7. The maximum absolute atomic E-state index is 6.30. The minimum atomic E-state index is -0.828. The molecule has 0 saturated heterocycles. The molecule has 1 N–H and O–H groups in total. The van der Waals surface area contributed by atoms with Crippen LogP contribution in [0.15, 0.2) is 53.5 Å². The summed E-state index contributed by atoms with van der Waals surface area (Å²) in [6, 6.07) is 16.0. The van der Waals surface area contributed by atoms with Crippen LogP contribution in [0.4, 0.5) is 0 Å². The molecule has 0 radical (unpaired) electrons. The van der Waals surface area contributed by atoms with Crippen molar-refractivity contribution >= 4 is 5.96 Å². The normalized spacial score (nSPS) is 21.9. The van der Waals surface area contributed by atoms with Crippen LogP contribution in [0.25, 0.3) is 0 Å². The fourth-order valence-corrected chi connectivity index (χ4v) is 3.25. The molecule has 130 valence electrons. The minimum absolute atomic E-state index is 0.110. The highest BCUT2D eigenvalue weighted by Gasteiger charge is 2.46. The van der Waals surface area contributed by atoms with Crippen LogP contribution in [0.2, 0.25) is 0 Å². The van der Waals surface area contributed by atoms with E-state index in [1.54, 1.807) is 5.06 Å². The van der Waals surface area contributed by atoms with E-state index in [4.69, 9.17) is 14.6 Å². The van der Waals surface area contributed by atoms with Gasteiger partial charge in [0.15, 0.2) is 0 Å². The number of fused-ring (bicyclic) bond motifs is 3. The molecular weight excluding hydrogens is 314 g/mol. The monoisotopic (exact) mass is 337 g/mol. The Kier molecular flexibility index (Phi) is 3.51. The molecule has 2 heterocycles. The number of hydrogen-bond acceptors (Lipinski definition) is 5. The molecule has 5 nitrogen and oxygen atoms in total. The zero-order valence-corrected chi connectivity index (χ0v) is 15.0. The topological polar surface area (TPSA) is 46.1 Å². The average molecular weight is 337 g/mol. The molecule has 2 aromatic rings. The van der Waals surface area contributed by atoms with Crippen LogP contribution in [0.5, 0.6) is 11.5 Å². The third kappa shape index (κ3) is 2.85. The number of nitrogens with one attached hydrogen (secondary N) is 1. The van der Waals surface area contributed by atoms with Gasteiger partial charge in [0.05, 0.1) is 5.56 Å². The summed E-state index contributed by atoms with van der Waals surface area (Å²) in [6.45, 7) is 6.31. The molecule has 25 heavy (non-hydrogen) atoms. The smallest absolute Gasteiger partial charge is 0.222 e. The standard InChI is InChI=1S/C20H23N3O2/c1-19(2,3)21-18-22-20(25-23(18)4)13-14-9-5-7-11-16(14)24-17-12-8-6-10-15(17)20/h5-12H,13H2,1-4H3,(H,21,22). The lowest BCUT2D eigenvalue weighted by Gasteiger charge is -2.26. The Labute approximate surface area is 148 Å². The van der Waals surface area contributed by atoms with Gasteiger partial charge >= 0.3 is 0 Å². The number of guanidine groups is 1. The van der Waals surface area contributed by atoms with Gasteiger partial charge in [0.25, 0.3) is 0 Å². The molecule has 2 aromatic carbocycles. The first kappa shape index (κ1) is 16.0. The van der Waals surface area contributed by atoms with E-state index in [9.17, 15) is 0 Å². The van der Waals surface area contributed by atoms with E-state index in [2.05, 4.69) is 32.2 Å². The molecule has 4 rings (SSSR count). The van der Waals surface area contributed by atoms with E-state index in [0.717, 1.165) is 28.6 Å². The van der Waals surface area contributed by atoms with Crippen molar-refractivity contribution in [1.29, 1.82) is 0 Å². The second-order valence-electron chi connectivity index (χ2n) is 7.57. The molecule has 5 heteroatoms. The average Bonchev–Trinajstić information content (AvgIpc) is 2.77. The number of nitrogens with zero attached hydrogens (tertiary/aromatic N) is 2. The Bertz CT molecular complexity index is 841. The van der Waals surface area contributed by atoms with Crippen LogP contribution in [0.3, 0.4) is 0 Å². The predicted molar refractivity (Wildman–Crippen MR) is 97.5 cm³/mol. The van der Waals surface area contributed by atoms with E-state index >= 15 is 0 Å². The van der Waals surface area contributed by atoms with Gasteiger partial charge in [0.1, 0.15) is 11.5 Å². The summed E-state index contributed by atoms with van der Waals surface area (Å²) in [4.78, 5) is 11.3. The number of hydroxylamine groups is 2. The van der Waals surface area contributed by atoms with Crippen molar-refractivity contribution in [3.63, 3.8) is 0 Å². The van der Waals surface area contributed by atoms with Crippen molar-refractivity contribution in [1.82, 2.24) is 10.4 Å². The lowest BCUT2D eigenvalue weighted by molar-refractivity contribution is -0.173. The van der Waals surface area contributed by atoms with Gasteiger partial charge in [-0.25, -0.2) is 14.9 Å². The molecular formula is C20H23N3O2. The molecule has 0 aliphatic carbocycles. The maximum Gasteiger partial charge on any atom is 0.222 e. The van der Waals surface area contributed by atoms with Crippen LogP contribution in [-0.4, -0.2) is 23.6 Å². The van der Waals surface area contributed by atoms with Gasteiger partial charge in [0.2, 0.25) is 11.7 Å². The highest BCUT2D eigenvalue weighted by Crippen LogP contribution is 2.46. The molecule has 0 fully saturated rings. The lowest BCUT2D eigenvalue weighted by atomic mass is 9.95. The second-order valence-corrected chi connectivity index (χ2v) is 7.57. The molecule has 0 bridgehead atoms. The van der Waals surface area contributed by atoms with Crippen molar-refractivity contribution in [3.05, 3.63) is 59.7 Å². The van der Waals surface area contributed by atoms with E-state index in [-0.39, 0.29) is 5.54 Å². The number of rotatable bonds is 0. The first-order valence-corrected chi connectivity index (χ1v) is 8.52. The van der Waals surface area contributed by atoms with Crippen molar-refractivity contribution < 1.29 is 9.57 Å². The van der Waals surface area contributed by atoms with Gasteiger partial charge in [-0.1, -0.05) is 36.4 Å². The Morgan fingerprint density at radius 1 is 1.04 bits per heavy atom. The first-order chi connectivity index (χ1) is 11.9. The summed E-state index contributed by atoms with van der Waals surface area (Å²) in [6.07, 6.45) is 0.611. The van der Waals surface area contributed by atoms with Crippen molar-refractivity contribution in [2.45, 2.75) is 38.5 Å². The molecule has 0 amide bonds. The first-order valence-electron chi connectivity index (χ1n) is 8.52. The molecule has 2 aliphatic heterocycles. The number of benzene rings is 2. The number of para-hydroxylation sites is 2. The van der Waals surface area contributed by atoms with Crippen molar-refractivity contribution in [2.75, 3.05) is 7.05 Å². The second kappa shape index (κ2) is 5.49. The molecule has 0 aromatic heterocycles. The Morgan fingerprint density at radius 2 is 1.72 bits per heavy atom. The van der Waals surface area contributed by atoms with Crippen LogP contribution < -0.4 is 10.1 Å². The Morgan fingerprint density at radius 3 is 2.48 bits per heavy atom. The van der Waals surface area contributed by atoms with Crippen molar-refractivity contribution in [3.8, 4) is 11.5 Å². The molecule has 1 spiro atoms. The maximum atomic E-state index is 6.30. The SMILES string of the molecule is CN1OC2(Cc3ccccc3Oc3ccccc32)N=C1NC(C)(C)C. The lowest BCUT2D eigenvalue weighted by Crippen LogP contribution is -2.46. The summed E-state index contributed by atoms with van der Waals surface area (Å²) in [5.41, 5.74) is 1.07. The summed E-state index contributed by atoms with van der Waals surface area (Å²) >= 11 is 0. The van der Waals surface area contributed by atoms with Crippen LogP contribution in [0, 0.1) is 0 Å². The van der Waals surface area contributed by atoms with E-state index in [1.807, 2.05) is 49.5 Å². The third-order valence-electron chi connectivity index (χ3n) is 4.29. The zero-order valence-electron chi connectivity index (χ0n) is 15.0. The molecule has 1 atom stereocenters. The summed E-state index contributed by atoms with van der Waals surface area (Å²) < 4.78 is 6.17. The van der Waals surface area contributed by atoms with Gasteiger partial charge in [-0.2, -0.15) is 0 Å². The largest absolute Gasteiger partial charge is 0.457 e. The molecule has 2 aliphatic rings. The highest BCUT2D eigenvalue weighted by molar-refractivity contribution is 5.81. The van der Waals surface area contributed by atoms with E-state index in [1.165, 1.54) is 0 Å². The van der Waals surface area contributed by atoms with Gasteiger partial charge in [0, 0.05) is 24.6 Å². The van der Waals surface area contributed by atoms with Gasteiger partial charge in [-0.15, -0.1) is 0 Å². The summed E-state index contributed by atoms with van der Waals surface area (Å²) in [5, 5.41) is 5.14. The number of aliphatic imine (C=N–C) groups is 1. The Balaban J connectivity index is 1.86. The van der Waals surface area contributed by atoms with Crippen LogP contribution in [-0.2, 0) is 17.0 Å². The summed E-state index contributed by atoms with van der Waals surface area (Å²) in [7, 11) is 1.88. The summed E-state index contributed by atoms with van der Waals surface area (Å²) in [5.74, 6) is 2.36. The van der Waals surface area contributed by atoms with E-state index < -0.39 is 5.72 Å².